The van der Waals surface area contributed by atoms with E-state index in [1.165, 1.54) is 0 Å². The summed E-state index contributed by atoms with van der Waals surface area (Å²) in [7, 11) is -3.29. The van der Waals surface area contributed by atoms with Gasteiger partial charge in [0.2, 0.25) is 10.0 Å². The van der Waals surface area contributed by atoms with Gasteiger partial charge in [-0.05, 0) is 31.4 Å². The topological polar surface area (TPSA) is 71.5 Å². The Bertz CT molecular complexity index is 736. The molecule has 1 aromatic carbocycles. The maximum absolute atomic E-state index is 12.2. The van der Waals surface area contributed by atoms with Gasteiger partial charge >= 0.3 is 0 Å². The number of sulfonamides is 1. The summed E-state index contributed by atoms with van der Waals surface area (Å²) in [5, 5.41) is 2.92. The van der Waals surface area contributed by atoms with Gasteiger partial charge in [-0.2, -0.15) is 0 Å². The molecule has 0 unspecified atom stereocenters. The summed E-state index contributed by atoms with van der Waals surface area (Å²) in [5.41, 5.74) is 0. The van der Waals surface area contributed by atoms with Crippen LogP contribution in [0.25, 0.3) is 0 Å². The number of ether oxygens (including phenoxy) is 1. The minimum absolute atomic E-state index is 0.0732. The maximum atomic E-state index is 12.2. The average Bonchev–Trinajstić information content (AvgIpc) is 3.29. The van der Waals surface area contributed by atoms with Gasteiger partial charge in [-0.3, -0.25) is 0 Å². The molecule has 1 fully saturated rings. The fourth-order valence-electron chi connectivity index (χ4n) is 2.91. The van der Waals surface area contributed by atoms with Crippen LogP contribution in [0.4, 0.5) is 5.13 Å². The zero-order chi connectivity index (χ0) is 17.5. The molecule has 136 valence electrons. The largest absolute Gasteiger partial charge is 0.494 e. The van der Waals surface area contributed by atoms with Gasteiger partial charge in [-0.15, -0.1) is 11.3 Å². The van der Waals surface area contributed by atoms with Crippen LogP contribution in [-0.2, 0) is 10.0 Å². The molecule has 0 aliphatic carbocycles. The number of nitrogens with one attached hydrogen (secondary N) is 1. The number of hydrogen-bond acceptors (Lipinski definition) is 6. The van der Waals surface area contributed by atoms with Gasteiger partial charge in [-0.1, -0.05) is 18.2 Å². The number of hydrogen-bond donors (Lipinski definition) is 1. The normalized spacial score (nSPS) is 17.8. The fourth-order valence-corrected chi connectivity index (χ4v) is 4.74. The zero-order valence-electron chi connectivity index (χ0n) is 14.0. The minimum Gasteiger partial charge on any atom is -0.494 e. The van der Waals surface area contributed by atoms with Crippen molar-refractivity contribution in [2.75, 3.05) is 30.3 Å². The van der Waals surface area contributed by atoms with Gasteiger partial charge in [0.25, 0.3) is 0 Å². The first-order chi connectivity index (χ1) is 12.1. The quantitative estimate of drug-likeness (QED) is 0.676. The maximum Gasteiger partial charge on any atom is 0.211 e. The molecular formula is C17H23N3O3S2. The first kappa shape index (κ1) is 18.2. The van der Waals surface area contributed by atoms with Gasteiger partial charge in [-0.25, -0.2) is 18.1 Å². The summed E-state index contributed by atoms with van der Waals surface area (Å²) in [6.07, 6.45) is 4.30. The molecule has 6 nitrogen and oxygen atoms in total. The second-order valence-electron chi connectivity index (χ2n) is 5.99. The average molecular weight is 382 g/mol. The van der Waals surface area contributed by atoms with Crippen LogP contribution in [0.15, 0.2) is 41.9 Å². The predicted molar refractivity (Wildman–Crippen MR) is 101 cm³/mol. The number of thiazole rings is 1. The fraction of sp³-hybridized carbons (Fsp3) is 0.471. The lowest BCUT2D eigenvalue weighted by Crippen LogP contribution is -2.41. The Kier molecular flexibility index (Phi) is 6.28. The SMILES string of the molecule is O=S(=O)(CCCOc1ccccc1)NC[C@@H]1CCCN1c1nccs1. The monoisotopic (exact) mass is 381 g/mol. The Morgan fingerprint density at radius 1 is 1.32 bits per heavy atom. The molecule has 0 spiro atoms. The van der Waals surface area contributed by atoms with Crippen LogP contribution in [0.1, 0.15) is 19.3 Å². The molecule has 8 heteroatoms. The number of benzene rings is 1. The first-order valence-corrected chi connectivity index (χ1v) is 11.0. The molecule has 25 heavy (non-hydrogen) atoms. The van der Waals surface area contributed by atoms with Gasteiger partial charge in [0.1, 0.15) is 5.75 Å². The molecule has 1 N–H and O–H groups in total. The molecule has 3 rings (SSSR count). The van der Waals surface area contributed by atoms with Crippen LogP contribution >= 0.6 is 11.3 Å². The third-order valence-electron chi connectivity index (χ3n) is 4.15. The Hall–Kier alpha value is -1.64. The standard InChI is InChI=1S/C17H23N3O3S2/c21-25(22,13-5-11-23-16-7-2-1-3-8-16)19-14-15-6-4-10-20(15)17-18-9-12-24-17/h1-3,7-9,12,15,19H,4-6,10-11,13-14H2/t15-/m0/s1. The van der Waals surface area contributed by atoms with E-state index in [1.54, 1.807) is 17.5 Å². The van der Waals surface area contributed by atoms with E-state index in [4.69, 9.17) is 4.74 Å². The predicted octanol–water partition coefficient (Wildman–Crippen LogP) is 2.50. The highest BCUT2D eigenvalue weighted by molar-refractivity contribution is 7.89. The van der Waals surface area contributed by atoms with Crippen molar-refractivity contribution in [1.82, 2.24) is 9.71 Å². The molecular weight excluding hydrogens is 358 g/mol. The highest BCUT2D eigenvalue weighted by Crippen LogP contribution is 2.26. The Labute approximate surface area is 152 Å². The van der Waals surface area contributed by atoms with Gasteiger partial charge in [0.05, 0.1) is 12.4 Å². The third-order valence-corrected chi connectivity index (χ3v) is 6.39. The highest BCUT2D eigenvalue weighted by atomic mass is 32.2. The van der Waals surface area contributed by atoms with E-state index in [-0.39, 0.29) is 11.8 Å². The molecule has 1 aromatic heterocycles. The Balaban J connectivity index is 1.41. The van der Waals surface area contributed by atoms with Crippen molar-refractivity contribution in [2.45, 2.75) is 25.3 Å². The molecule has 1 aliphatic rings. The minimum atomic E-state index is -3.29. The summed E-state index contributed by atoms with van der Waals surface area (Å²) < 4.78 is 32.7. The summed E-state index contributed by atoms with van der Waals surface area (Å²) in [4.78, 5) is 6.53. The molecule has 1 aliphatic heterocycles. The van der Waals surface area contributed by atoms with E-state index in [1.807, 2.05) is 35.7 Å². The van der Waals surface area contributed by atoms with Crippen molar-refractivity contribution in [2.24, 2.45) is 0 Å². The van der Waals surface area contributed by atoms with Crippen LogP contribution < -0.4 is 14.4 Å². The third kappa shape index (κ3) is 5.42. The van der Waals surface area contributed by atoms with Crippen molar-refractivity contribution in [3.63, 3.8) is 0 Å². The molecule has 0 radical (unpaired) electrons. The van der Waals surface area contributed by atoms with Crippen molar-refractivity contribution in [3.05, 3.63) is 41.9 Å². The smallest absolute Gasteiger partial charge is 0.211 e. The lowest BCUT2D eigenvalue weighted by atomic mass is 10.2. The van der Waals surface area contributed by atoms with E-state index in [2.05, 4.69) is 14.6 Å². The molecule has 0 bridgehead atoms. The number of nitrogens with zero attached hydrogens (tertiary/aromatic N) is 2. The summed E-state index contributed by atoms with van der Waals surface area (Å²) in [6, 6.07) is 9.60. The van der Waals surface area contributed by atoms with Crippen molar-refractivity contribution >= 4 is 26.5 Å². The van der Waals surface area contributed by atoms with Gasteiger partial charge < -0.3 is 9.64 Å². The Morgan fingerprint density at radius 3 is 2.92 bits per heavy atom. The number of aromatic nitrogens is 1. The van der Waals surface area contributed by atoms with Gasteiger partial charge in [0.15, 0.2) is 5.13 Å². The van der Waals surface area contributed by atoms with Crippen molar-refractivity contribution in [3.8, 4) is 5.75 Å². The molecule has 1 atom stereocenters. The van der Waals surface area contributed by atoms with Crippen LogP contribution in [0.5, 0.6) is 5.75 Å². The van der Waals surface area contributed by atoms with Crippen LogP contribution in [0, 0.1) is 0 Å². The van der Waals surface area contributed by atoms with E-state index in [0.717, 1.165) is 30.3 Å². The molecule has 2 aromatic rings. The summed E-state index contributed by atoms with van der Waals surface area (Å²) in [6.45, 7) is 1.76. The first-order valence-electron chi connectivity index (χ1n) is 8.45. The number of para-hydroxylation sites is 1. The van der Waals surface area contributed by atoms with E-state index < -0.39 is 10.0 Å². The van der Waals surface area contributed by atoms with Crippen LogP contribution in [0.2, 0.25) is 0 Å². The summed E-state index contributed by atoms with van der Waals surface area (Å²) in [5.74, 6) is 0.835. The zero-order valence-corrected chi connectivity index (χ0v) is 15.6. The number of anilines is 1. The summed E-state index contributed by atoms with van der Waals surface area (Å²) >= 11 is 1.59. The van der Waals surface area contributed by atoms with E-state index in [9.17, 15) is 8.42 Å². The molecule has 2 heterocycles. The lowest BCUT2D eigenvalue weighted by Gasteiger charge is -2.24. The van der Waals surface area contributed by atoms with E-state index in [0.29, 0.717) is 19.6 Å². The second-order valence-corrected chi connectivity index (χ2v) is 8.79. The van der Waals surface area contributed by atoms with Crippen molar-refractivity contribution < 1.29 is 13.2 Å². The highest BCUT2D eigenvalue weighted by Gasteiger charge is 2.27. The molecule has 0 saturated carbocycles. The molecule has 0 amide bonds. The van der Waals surface area contributed by atoms with Gasteiger partial charge in [0, 0.05) is 30.7 Å². The van der Waals surface area contributed by atoms with E-state index >= 15 is 0 Å². The molecule has 1 saturated heterocycles. The van der Waals surface area contributed by atoms with Crippen molar-refractivity contribution in [1.29, 1.82) is 0 Å². The number of rotatable bonds is 9. The Morgan fingerprint density at radius 2 is 2.16 bits per heavy atom. The second kappa shape index (κ2) is 8.64. The lowest BCUT2D eigenvalue weighted by molar-refractivity contribution is 0.317. The van der Waals surface area contributed by atoms with Crippen LogP contribution in [-0.4, -0.2) is 44.9 Å². The van der Waals surface area contributed by atoms with Crippen LogP contribution in [0.3, 0.4) is 0 Å².